The van der Waals surface area contributed by atoms with E-state index in [2.05, 4.69) is 5.32 Å². The summed E-state index contributed by atoms with van der Waals surface area (Å²) in [6.45, 7) is 5.37. The third-order valence-electron chi connectivity index (χ3n) is 0.663. The second kappa shape index (κ2) is 7.87. The van der Waals surface area contributed by atoms with Crippen LogP contribution in [0.1, 0.15) is 20.8 Å². The molecule has 0 unspecified atom stereocenters. The summed E-state index contributed by atoms with van der Waals surface area (Å²) in [7, 11) is 1.61. The van der Waals surface area contributed by atoms with Gasteiger partial charge in [-0.1, -0.05) is 13.8 Å². The minimum absolute atomic E-state index is 0.212. The molecule has 0 atom stereocenters. The second-order valence-corrected chi connectivity index (χ2v) is 1.93. The van der Waals surface area contributed by atoms with Crippen molar-refractivity contribution in [3.8, 4) is 0 Å². The zero-order chi connectivity index (χ0) is 10.1. The molecule has 12 heavy (non-hydrogen) atoms. The number of nitrogens with two attached hydrogens (primary N) is 2. The lowest BCUT2D eigenvalue weighted by atomic mass is 10.6. The number of hydrogen-bond acceptors (Lipinski definition) is 4. The summed E-state index contributed by atoms with van der Waals surface area (Å²) in [5, 5.41) is 3.61. The Balaban J connectivity index is 0. The quantitative estimate of drug-likeness (QED) is 0.397. The molecule has 5 heteroatoms. The monoisotopic (exact) mass is 174 g/mol. The van der Waals surface area contributed by atoms with E-state index in [9.17, 15) is 4.79 Å². The fourth-order valence-corrected chi connectivity index (χ4v) is 0.455. The van der Waals surface area contributed by atoms with Crippen molar-refractivity contribution in [3.63, 3.8) is 0 Å². The molecular weight excluding hydrogens is 156 g/mol. The summed E-state index contributed by atoms with van der Waals surface area (Å²) in [5.41, 5.74) is 5.28. The maximum Gasteiger partial charge on any atom is 0.222 e. The fourth-order valence-electron chi connectivity index (χ4n) is 0.455. The lowest BCUT2D eigenvalue weighted by Crippen LogP contribution is -2.29. The number of amides is 1. The van der Waals surface area contributed by atoms with Crippen LogP contribution in [0.5, 0.6) is 0 Å². The summed E-state index contributed by atoms with van der Waals surface area (Å²) in [4.78, 5) is 10.3. The van der Waals surface area contributed by atoms with Gasteiger partial charge in [0, 0.05) is 14.0 Å². The predicted octanol–water partition coefficient (Wildman–Crippen LogP) is -0.288. The van der Waals surface area contributed by atoms with Crippen molar-refractivity contribution < 1.29 is 4.79 Å². The summed E-state index contributed by atoms with van der Waals surface area (Å²) in [6.07, 6.45) is 1.40. The lowest BCUT2D eigenvalue weighted by Gasteiger charge is -2.06. The van der Waals surface area contributed by atoms with Gasteiger partial charge in [0.25, 0.3) is 0 Å². The van der Waals surface area contributed by atoms with Gasteiger partial charge in [0.2, 0.25) is 5.91 Å². The van der Waals surface area contributed by atoms with Crippen molar-refractivity contribution in [2.75, 3.05) is 7.05 Å². The second-order valence-electron chi connectivity index (χ2n) is 1.93. The van der Waals surface area contributed by atoms with Crippen LogP contribution in [-0.2, 0) is 4.79 Å². The zero-order valence-electron chi connectivity index (χ0n) is 8.09. The van der Waals surface area contributed by atoms with E-state index in [0.29, 0.717) is 0 Å². The van der Waals surface area contributed by atoms with Crippen LogP contribution in [0.15, 0.2) is 12.0 Å². The van der Waals surface area contributed by atoms with Crippen LogP contribution in [0.2, 0.25) is 0 Å². The highest BCUT2D eigenvalue weighted by Crippen LogP contribution is 1.77. The maximum absolute atomic E-state index is 10.3. The Hall–Kier alpha value is -1.23. The fraction of sp³-hybridized carbons (Fsp3) is 0.571. The summed E-state index contributed by atoms with van der Waals surface area (Å²) >= 11 is 0. The smallest absolute Gasteiger partial charge is 0.222 e. The van der Waals surface area contributed by atoms with Gasteiger partial charge in [0.15, 0.2) is 0 Å². The van der Waals surface area contributed by atoms with Crippen LogP contribution in [0.4, 0.5) is 0 Å². The Kier molecular flexibility index (Phi) is 8.77. The summed E-state index contributed by atoms with van der Waals surface area (Å²) in [6, 6.07) is 0. The Morgan fingerprint density at radius 3 is 2.17 bits per heavy atom. The molecule has 72 valence electrons. The van der Waals surface area contributed by atoms with E-state index in [1.807, 2.05) is 13.8 Å². The van der Waals surface area contributed by atoms with E-state index in [-0.39, 0.29) is 11.7 Å². The molecule has 5 nitrogen and oxygen atoms in total. The molecule has 0 aliphatic rings. The van der Waals surface area contributed by atoms with Gasteiger partial charge in [0.05, 0.1) is 6.20 Å². The molecule has 0 saturated heterocycles. The van der Waals surface area contributed by atoms with Crippen LogP contribution in [0, 0.1) is 0 Å². The van der Waals surface area contributed by atoms with Gasteiger partial charge in [-0.25, -0.2) is 5.84 Å². The highest BCUT2D eigenvalue weighted by molar-refractivity contribution is 5.74. The molecule has 0 saturated carbocycles. The van der Waals surface area contributed by atoms with E-state index < -0.39 is 0 Å². The molecule has 0 aliphatic heterocycles. The van der Waals surface area contributed by atoms with Gasteiger partial charge in [-0.2, -0.15) is 0 Å². The molecule has 0 aromatic carbocycles. The van der Waals surface area contributed by atoms with Crippen LogP contribution in [0.3, 0.4) is 0 Å². The molecule has 5 N–H and O–H groups in total. The Morgan fingerprint density at radius 1 is 1.50 bits per heavy atom. The first-order chi connectivity index (χ1) is 5.52. The number of nitrogens with zero attached hydrogens (tertiary/aromatic N) is 1. The molecule has 0 radical (unpaired) electrons. The molecule has 0 aromatic heterocycles. The van der Waals surface area contributed by atoms with Crippen molar-refractivity contribution in [3.05, 3.63) is 12.0 Å². The van der Waals surface area contributed by atoms with E-state index in [0.717, 1.165) is 0 Å². The first-order valence-corrected chi connectivity index (χ1v) is 3.75. The minimum Gasteiger partial charge on any atom is -0.384 e. The Morgan fingerprint density at radius 2 is 1.92 bits per heavy atom. The average molecular weight is 174 g/mol. The summed E-state index contributed by atoms with van der Waals surface area (Å²) < 4.78 is 0. The normalized spacial score (nSPS) is 9.58. The van der Waals surface area contributed by atoms with Crippen LogP contribution in [-0.4, -0.2) is 18.0 Å². The van der Waals surface area contributed by atoms with Gasteiger partial charge in [-0.15, -0.1) is 0 Å². The third-order valence-corrected chi connectivity index (χ3v) is 0.663. The topological polar surface area (TPSA) is 84.4 Å². The number of hydrazine groups is 1. The molecule has 0 heterocycles. The molecular formula is C7H18N4O. The van der Waals surface area contributed by atoms with E-state index in [1.165, 1.54) is 18.1 Å². The number of carbonyl (C=O) groups is 1. The highest BCUT2D eigenvalue weighted by atomic mass is 16.1. The van der Waals surface area contributed by atoms with Crippen LogP contribution in [0.25, 0.3) is 0 Å². The molecule has 1 amide bonds. The first kappa shape index (κ1) is 13.4. The van der Waals surface area contributed by atoms with Gasteiger partial charge >= 0.3 is 0 Å². The molecule has 0 aliphatic carbocycles. The van der Waals surface area contributed by atoms with Gasteiger partial charge in [-0.3, -0.25) is 4.79 Å². The molecule has 0 bridgehead atoms. The van der Waals surface area contributed by atoms with Gasteiger partial charge in [0.1, 0.15) is 5.82 Å². The Labute approximate surface area is 73.4 Å². The number of hydrogen-bond donors (Lipinski definition) is 3. The largest absolute Gasteiger partial charge is 0.384 e. The maximum atomic E-state index is 10.3. The van der Waals surface area contributed by atoms with E-state index in [4.69, 9.17) is 11.6 Å². The SMILES string of the molecule is CC.CC(=O)N/C(N)=C/N(C)N. The van der Waals surface area contributed by atoms with E-state index in [1.54, 1.807) is 7.05 Å². The number of carbonyl (C=O) groups excluding carboxylic acids is 1. The molecule has 0 aromatic rings. The van der Waals surface area contributed by atoms with Crippen molar-refractivity contribution in [2.45, 2.75) is 20.8 Å². The van der Waals surface area contributed by atoms with Crippen molar-refractivity contribution in [2.24, 2.45) is 11.6 Å². The molecule has 0 rings (SSSR count). The number of nitrogens with one attached hydrogen (secondary N) is 1. The third kappa shape index (κ3) is 11.6. The molecule has 0 spiro atoms. The van der Waals surface area contributed by atoms with Crippen molar-refractivity contribution >= 4 is 5.91 Å². The summed E-state index contributed by atoms with van der Waals surface area (Å²) in [5.74, 6) is 5.22. The lowest BCUT2D eigenvalue weighted by molar-refractivity contribution is -0.118. The zero-order valence-corrected chi connectivity index (χ0v) is 8.09. The van der Waals surface area contributed by atoms with Crippen LogP contribution < -0.4 is 16.9 Å². The molecule has 0 fully saturated rings. The van der Waals surface area contributed by atoms with Crippen molar-refractivity contribution in [1.82, 2.24) is 10.3 Å². The predicted molar refractivity (Wildman–Crippen MR) is 49.4 cm³/mol. The van der Waals surface area contributed by atoms with Gasteiger partial charge < -0.3 is 16.1 Å². The van der Waals surface area contributed by atoms with Crippen molar-refractivity contribution in [1.29, 1.82) is 0 Å². The minimum atomic E-state index is -0.212. The first-order valence-electron chi connectivity index (χ1n) is 3.75. The average Bonchev–Trinajstić information content (AvgIpc) is 1.87. The van der Waals surface area contributed by atoms with E-state index >= 15 is 0 Å². The highest BCUT2D eigenvalue weighted by Gasteiger charge is 1.91. The number of rotatable bonds is 2. The van der Waals surface area contributed by atoms with Crippen LogP contribution >= 0.6 is 0 Å². The standard InChI is InChI=1S/C5H12N4O.C2H6/c1-4(10)8-5(6)3-9(2)7;1-2/h3H,6-7H2,1-2H3,(H,8,10);1-2H3/b5-3+;. The Bertz CT molecular complexity index is 153. The van der Waals surface area contributed by atoms with Gasteiger partial charge in [-0.05, 0) is 0 Å².